The number of piperidine rings is 1. The van der Waals surface area contributed by atoms with Gasteiger partial charge in [0.2, 0.25) is 5.91 Å². The van der Waals surface area contributed by atoms with Crippen LogP contribution in [0, 0.1) is 5.92 Å². The highest BCUT2D eigenvalue weighted by molar-refractivity contribution is 6.33. The highest BCUT2D eigenvalue weighted by atomic mass is 35.5. The molecular formula is C24H26ClN5O4. The predicted molar refractivity (Wildman–Crippen MR) is 128 cm³/mol. The van der Waals surface area contributed by atoms with E-state index in [1.807, 2.05) is 12.1 Å². The number of benzene rings is 1. The Kier molecular flexibility index (Phi) is 6.03. The third-order valence-electron chi connectivity index (χ3n) is 6.54. The first-order valence-corrected chi connectivity index (χ1v) is 11.8. The van der Waals surface area contributed by atoms with Gasteiger partial charge in [0, 0.05) is 37.3 Å². The summed E-state index contributed by atoms with van der Waals surface area (Å²) in [7, 11) is 0. The van der Waals surface area contributed by atoms with Gasteiger partial charge in [-0.3, -0.25) is 9.59 Å². The Balaban J connectivity index is 1.27. The molecule has 0 unspecified atom stereocenters. The van der Waals surface area contributed by atoms with Crippen LogP contribution in [0.15, 0.2) is 30.3 Å². The highest BCUT2D eigenvalue weighted by Gasteiger charge is 2.36. The highest BCUT2D eigenvalue weighted by Crippen LogP contribution is 2.33. The van der Waals surface area contributed by atoms with Crippen LogP contribution >= 0.6 is 11.6 Å². The van der Waals surface area contributed by atoms with Crippen LogP contribution in [0.2, 0.25) is 5.02 Å². The van der Waals surface area contributed by atoms with Crippen LogP contribution in [-0.4, -0.2) is 57.2 Å². The SMILES string of the molecule is CC(=O)NC1CCN(c2ccc(-c3nc4nc(OC5CC(C(=O)O)C5)[nH]c4cc3Cl)cc2)CC1. The minimum Gasteiger partial charge on any atom is -0.481 e. The minimum absolute atomic E-state index is 0.0228. The molecule has 0 atom stereocenters. The second kappa shape index (κ2) is 9.13. The van der Waals surface area contributed by atoms with Gasteiger partial charge in [-0.2, -0.15) is 4.98 Å². The quantitative estimate of drug-likeness (QED) is 0.489. The number of hydrogen-bond donors (Lipinski definition) is 3. The Morgan fingerprint density at radius 2 is 1.88 bits per heavy atom. The standard InChI is InChI=1S/C24H26ClN5O4/c1-13(31)26-16-6-8-30(9-7-16)17-4-2-14(3-5-17)21-19(25)12-20-22(28-21)29-24(27-20)34-18-10-15(11-18)23(32)33/h2-5,12,15-16,18H,6-11H2,1H3,(H,26,31)(H,32,33)(H,27,28,29). The number of carbonyl (C=O) groups is 2. The van der Waals surface area contributed by atoms with Crippen molar-refractivity contribution in [1.82, 2.24) is 20.3 Å². The average Bonchev–Trinajstić information content (AvgIpc) is 3.16. The molecule has 10 heteroatoms. The summed E-state index contributed by atoms with van der Waals surface area (Å²) in [6, 6.07) is 10.5. The lowest BCUT2D eigenvalue weighted by molar-refractivity contribution is -0.148. The van der Waals surface area contributed by atoms with E-state index >= 15 is 0 Å². The van der Waals surface area contributed by atoms with E-state index in [0.29, 0.717) is 40.7 Å². The number of aromatic nitrogens is 3. The topological polar surface area (TPSA) is 120 Å². The number of imidazole rings is 1. The van der Waals surface area contributed by atoms with E-state index in [2.05, 4.69) is 37.3 Å². The van der Waals surface area contributed by atoms with E-state index in [-0.39, 0.29) is 24.0 Å². The molecule has 1 aliphatic carbocycles. The summed E-state index contributed by atoms with van der Waals surface area (Å²) in [5.74, 6) is -1.11. The van der Waals surface area contributed by atoms with E-state index in [1.165, 1.54) is 0 Å². The van der Waals surface area contributed by atoms with Crippen molar-refractivity contribution in [3.8, 4) is 17.3 Å². The van der Waals surface area contributed by atoms with Gasteiger partial charge in [-0.25, -0.2) is 4.98 Å². The monoisotopic (exact) mass is 483 g/mol. The molecule has 5 rings (SSSR count). The van der Waals surface area contributed by atoms with Gasteiger partial charge in [0.1, 0.15) is 6.10 Å². The van der Waals surface area contributed by atoms with Crippen molar-refractivity contribution in [3.63, 3.8) is 0 Å². The summed E-state index contributed by atoms with van der Waals surface area (Å²) in [6.07, 6.45) is 2.64. The van der Waals surface area contributed by atoms with Crippen LogP contribution in [0.4, 0.5) is 5.69 Å². The Hall–Kier alpha value is -3.33. The number of pyridine rings is 1. The van der Waals surface area contributed by atoms with Gasteiger partial charge in [0.25, 0.3) is 6.01 Å². The lowest BCUT2D eigenvalue weighted by atomic mass is 9.82. The maximum atomic E-state index is 11.3. The van der Waals surface area contributed by atoms with Gasteiger partial charge < -0.3 is 25.0 Å². The van der Waals surface area contributed by atoms with E-state index < -0.39 is 5.97 Å². The molecule has 3 heterocycles. The molecule has 1 aromatic carbocycles. The second-order valence-electron chi connectivity index (χ2n) is 8.99. The molecule has 0 spiro atoms. The van der Waals surface area contributed by atoms with Crippen molar-refractivity contribution in [2.45, 2.75) is 44.8 Å². The zero-order chi connectivity index (χ0) is 23.8. The maximum absolute atomic E-state index is 11.3. The van der Waals surface area contributed by atoms with E-state index in [9.17, 15) is 9.59 Å². The molecular weight excluding hydrogens is 458 g/mol. The average molecular weight is 484 g/mol. The molecule has 2 fully saturated rings. The molecule has 2 aliphatic rings. The van der Waals surface area contributed by atoms with E-state index in [1.54, 1.807) is 13.0 Å². The van der Waals surface area contributed by atoms with Crippen molar-refractivity contribution >= 4 is 40.3 Å². The molecule has 178 valence electrons. The number of fused-ring (bicyclic) bond motifs is 1. The summed E-state index contributed by atoms with van der Waals surface area (Å²) < 4.78 is 5.77. The van der Waals surface area contributed by atoms with E-state index in [0.717, 1.165) is 37.2 Å². The summed E-state index contributed by atoms with van der Waals surface area (Å²) in [4.78, 5) is 36.7. The third kappa shape index (κ3) is 4.65. The molecule has 1 saturated carbocycles. The number of amides is 1. The number of rotatable bonds is 6. The molecule has 0 bridgehead atoms. The summed E-state index contributed by atoms with van der Waals surface area (Å²) in [6.45, 7) is 3.34. The summed E-state index contributed by atoms with van der Waals surface area (Å²) in [5.41, 5.74) is 3.80. The van der Waals surface area contributed by atoms with Crippen molar-refractivity contribution in [2.24, 2.45) is 5.92 Å². The number of halogens is 1. The van der Waals surface area contributed by atoms with Crippen molar-refractivity contribution in [3.05, 3.63) is 35.4 Å². The van der Waals surface area contributed by atoms with Crippen LogP contribution in [0.3, 0.4) is 0 Å². The van der Waals surface area contributed by atoms with Gasteiger partial charge >= 0.3 is 5.97 Å². The fraction of sp³-hybridized carbons (Fsp3) is 0.417. The molecule has 3 aromatic rings. The van der Waals surface area contributed by atoms with Crippen molar-refractivity contribution in [1.29, 1.82) is 0 Å². The number of hydrogen-bond acceptors (Lipinski definition) is 6. The molecule has 2 aromatic heterocycles. The normalized spacial score (nSPS) is 20.7. The Morgan fingerprint density at radius 3 is 2.53 bits per heavy atom. The molecule has 3 N–H and O–H groups in total. The first-order chi connectivity index (χ1) is 16.4. The Labute approximate surface area is 201 Å². The zero-order valence-corrected chi connectivity index (χ0v) is 19.5. The number of ether oxygens (including phenoxy) is 1. The predicted octanol–water partition coefficient (Wildman–Crippen LogP) is 3.63. The largest absolute Gasteiger partial charge is 0.481 e. The van der Waals surface area contributed by atoms with Crippen molar-refractivity contribution < 1.29 is 19.4 Å². The molecule has 9 nitrogen and oxygen atoms in total. The van der Waals surface area contributed by atoms with Gasteiger partial charge in [-0.15, -0.1) is 0 Å². The molecule has 34 heavy (non-hydrogen) atoms. The number of aliphatic carboxylic acids is 1. The van der Waals surface area contributed by atoms with Crippen LogP contribution in [0.25, 0.3) is 22.4 Å². The van der Waals surface area contributed by atoms with Crippen LogP contribution in [-0.2, 0) is 9.59 Å². The molecule has 1 amide bonds. The van der Waals surface area contributed by atoms with Gasteiger partial charge in [0.15, 0.2) is 5.65 Å². The molecule has 0 radical (unpaired) electrons. The number of carboxylic acids is 1. The number of nitrogens with zero attached hydrogens (tertiary/aromatic N) is 3. The van der Waals surface area contributed by atoms with Crippen LogP contribution in [0.1, 0.15) is 32.6 Å². The third-order valence-corrected chi connectivity index (χ3v) is 6.82. The van der Waals surface area contributed by atoms with Gasteiger partial charge in [-0.1, -0.05) is 23.7 Å². The lowest BCUT2D eigenvalue weighted by Crippen LogP contribution is -2.44. The van der Waals surface area contributed by atoms with Crippen molar-refractivity contribution in [2.75, 3.05) is 18.0 Å². The number of nitrogens with one attached hydrogen (secondary N) is 2. The second-order valence-corrected chi connectivity index (χ2v) is 9.39. The number of H-pyrrole nitrogens is 1. The van der Waals surface area contributed by atoms with Crippen LogP contribution < -0.4 is 15.0 Å². The van der Waals surface area contributed by atoms with Gasteiger partial charge in [-0.05, 0) is 43.9 Å². The Bertz CT molecular complexity index is 1210. The maximum Gasteiger partial charge on any atom is 0.306 e. The fourth-order valence-corrected chi connectivity index (χ4v) is 4.84. The first kappa shape index (κ1) is 22.5. The fourth-order valence-electron chi connectivity index (χ4n) is 4.57. The zero-order valence-electron chi connectivity index (χ0n) is 18.8. The lowest BCUT2D eigenvalue weighted by Gasteiger charge is -2.33. The Morgan fingerprint density at radius 1 is 1.18 bits per heavy atom. The number of carboxylic acid groups (broad SMARTS) is 1. The number of carbonyl (C=O) groups excluding carboxylic acids is 1. The summed E-state index contributed by atoms with van der Waals surface area (Å²) >= 11 is 6.53. The molecule has 1 saturated heterocycles. The number of anilines is 1. The summed E-state index contributed by atoms with van der Waals surface area (Å²) in [5, 5.41) is 12.5. The first-order valence-electron chi connectivity index (χ1n) is 11.4. The smallest absolute Gasteiger partial charge is 0.306 e. The minimum atomic E-state index is -0.789. The molecule has 1 aliphatic heterocycles. The van der Waals surface area contributed by atoms with E-state index in [4.69, 9.17) is 21.4 Å². The van der Waals surface area contributed by atoms with Gasteiger partial charge in [0.05, 0.1) is 22.2 Å². The number of aromatic amines is 1. The van der Waals surface area contributed by atoms with Crippen LogP contribution in [0.5, 0.6) is 6.01 Å².